The third-order valence-electron chi connectivity index (χ3n) is 2.23. The summed E-state index contributed by atoms with van der Waals surface area (Å²) in [7, 11) is 1.96. The van der Waals surface area contributed by atoms with Crippen LogP contribution >= 0.6 is 11.9 Å². The first-order chi connectivity index (χ1) is 7.24. The maximum atomic E-state index is 5.94. The van der Waals surface area contributed by atoms with Crippen molar-refractivity contribution < 1.29 is 0 Å². The lowest BCUT2D eigenvalue weighted by molar-refractivity contribution is 1.27. The van der Waals surface area contributed by atoms with Crippen molar-refractivity contribution in [2.24, 2.45) is 0 Å². The zero-order valence-corrected chi connectivity index (χ0v) is 9.45. The highest BCUT2D eigenvalue weighted by molar-refractivity contribution is 7.99. The Kier molecular flexibility index (Phi) is 2.64. The van der Waals surface area contributed by atoms with Gasteiger partial charge >= 0.3 is 0 Å². The van der Waals surface area contributed by atoms with Gasteiger partial charge in [-0.3, -0.25) is 9.97 Å². The summed E-state index contributed by atoms with van der Waals surface area (Å²) in [5.41, 5.74) is 9.29. The lowest BCUT2D eigenvalue weighted by Gasteiger charge is -2.18. The van der Waals surface area contributed by atoms with Crippen LogP contribution in [0.25, 0.3) is 11.0 Å². The van der Waals surface area contributed by atoms with Crippen molar-refractivity contribution in [2.75, 3.05) is 23.3 Å². The highest BCUT2D eigenvalue weighted by Crippen LogP contribution is 2.32. The van der Waals surface area contributed by atoms with Crippen LogP contribution in [0.5, 0.6) is 0 Å². The van der Waals surface area contributed by atoms with Crippen molar-refractivity contribution in [1.82, 2.24) is 9.97 Å². The molecule has 1 heterocycles. The van der Waals surface area contributed by atoms with Crippen molar-refractivity contribution in [1.29, 1.82) is 0 Å². The van der Waals surface area contributed by atoms with E-state index in [2.05, 4.69) is 9.97 Å². The van der Waals surface area contributed by atoms with Gasteiger partial charge in [0.2, 0.25) is 0 Å². The largest absolute Gasteiger partial charge is 0.397 e. The number of fused-ring (bicyclic) bond motifs is 1. The Balaban J connectivity index is 2.74. The number of anilines is 2. The van der Waals surface area contributed by atoms with E-state index >= 15 is 0 Å². The molecule has 1 aromatic carbocycles. The molecule has 78 valence electrons. The van der Waals surface area contributed by atoms with Crippen LogP contribution < -0.4 is 10.0 Å². The minimum atomic E-state index is 0.722. The summed E-state index contributed by atoms with van der Waals surface area (Å²) in [6.07, 6.45) is 5.36. The van der Waals surface area contributed by atoms with Crippen LogP contribution in [0.2, 0.25) is 0 Å². The Hall–Kier alpha value is -1.49. The minimum absolute atomic E-state index is 0.722. The summed E-state index contributed by atoms with van der Waals surface area (Å²) in [4.78, 5) is 8.56. The van der Waals surface area contributed by atoms with Gasteiger partial charge in [0.15, 0.2) is 0 Å². The molecule has 0 unspecified atom stereocenters. The van der Waals surface area contributed by atoms with E-state index in [-0.39, 0.29) is 0 Å². The van der Waals surface area contributed by atoms with Crippen molar-refractivity contribution in [3.05, 3.63) is 24.5 Å². The van der Waals surface area contributed by atoms with Crippen LogP contribution in [-0.2, 0) is 0 Å². The Labute approximate surface area is 92.6 Å². The van der Waals surface area contributed by atoms with Crippen molar-refractivity contribution >= 4 is 34.4 Å². The second-order valence-electron chi connectivity index (χ2n) is 3.11. The molecule has 2 N–H and O–H groups in total. The molecule has 0 aliphatic rings. The highest BCUT2D eigenvalue weighted by atomic mass is 32.2. The predicted molar refractivity (Wildman–Crippen MR) is 65.9 cm³/mol. The van der Waals surface area contributed by atoms with E-state index in [0.717, 1.165) is 22.4 Å². The summed E-state index contributed by atoms with van der Waals surface area (Å²) in [6.45, 7) is 0. The van der Waals surface area contributed by atoms with Crippen molar-refractivity contribution in [2.45, 2.75) is 0 Å². The molecule has 0 aliphatic heterocycles. The molecule has 0 amide bonds. The summed E-state index contributed by atoms with van der Waals surface area (Å²) in [5, 5.41) is 0. The molecule has 0 aliphatic carbocycles. The third kappa shape index (κ3) is 1.70. The number of benzene rings is 1. The lowest BCUT2D eigenvalue weighted by Crippen LogP contribution is -2.09. The zero-order valence-electron chi connectivity index (χ0n) is 8.64. The normalized spacial score (nSPS) is 10.5. The first-order valence-corrected chi connectivity index (χ1v) is 5.69. The number of nitrogens with zero attached hydrogens (tertiary/aromatic N) is 3. The Morgan fingerprint density at radius 1 is 1.27 bits per heavy atom. The molecular weight excluding hydrogens is 208 g/mol. The maximum Gasteiger partial charge on any atom is 0.115 e. The molecule has 1 aromatic heterocycles. The minimum Gasteiger partial charge on any atom is -0.397 e. The van der Waals surface area contributed by atoms with Gasteiger partial charge < -0.3 is 10.0 Å². The maximum absolute atomic E-state index is 5.94. The van der Waals surface area contributed by atoms with Gasteiger partial charge in [-0.25, -0.2) is 0 Å². The van der Waals surface area contributed by atoms with E-state index < -0.39 is 0 Å². The first kappa shape index (κ1) is 10.0. The highest BCUT2D eigenvalue weighted by Gasteiger charge is 2.10. The molecule has 4 nitrogen and oxygen atoms in total. The summed E-state index contributed by atoms with van der Waals surface area (Å²) >= 11 is 1.59. The van der Waals surface area contributed by atoms with E-state index in [1.807, 2.05) is 29.7 Å². The second kappa shape index (κ2) is 3.94. The molecule has 2 rings (SSSR count). The molecule has 0 saturated carbocycles. The van der Waals surface area contributed by atoms with Crippen LogP contribution in [0.1, 0.15) is 0 Å². The van der Waals surface area contributed by atoms with E-state index in [1.54, 1.807) is 24.3 Å². The molecule has 15 heavy (non-hydrogen) atoms. The average molecular weight is 220 g/mol. The summed E-state index contributed by atoms with van der Waals surface area (Å²) in [5.74, 6) is 0. The quantitative estimate of drug-likeness (QED) is 0.619. The molecule has 0 radical (unpaired) electrons. The van der Waals surface area contributed by atoms with Crippen LogP contribution in [-0.4, -0.2) is 23.3 Å². The zero-order chi connectivity index (χ0) is 10.8. The van der Waals surface area contributed by atoms with E-state index in [4.69, 9.17) is 5.73 Å². The van der Waals surface area contributed by atoms with Gasteiger partial charge in [-0.05, 0) is 12.1 Å². The molecule has 0 saturated heterocycles. The van der Waals surface area contributed by atoms with Crippen molar-refractivity contribution in [3.63, 3.8) is 0 Å². The molecule has 2 aromatic rings. The number of aromatic nitrogens is 2. The van der Waals surface area contributed by atoms with Gasteiger partial charge in [0, 0.05) is 25.7 Å². The number of nitrogens with two attached hydrogens (primary N) is 1. The monoisotopic (exact) mass is 220 g/mol. The average Bonchev–Trinajstić information content (AvgIpc) is 2.28. The number of hydrogen-bond donors (Lipinski definition) is 1. The smallest absolute Gasteiger partial charge is 0.115 e. The van der Waals surface area contributed by atoms with Crippen LogP contribution in [0.4, 0.5) is 11.4 Å². The Morgan fingerprint density at radius 2 is 2.00 bits per heavy atom. The molecular formula is C10H12N4S. The number of hydrogen-bond acceptors (Lipinski definition) is 5. The van der Waals surface area contributed by atoms with E-state index in [9.17, 15) is 0 Å². The number of rotatable bonds is 2. The second-order valence-corrected chi connectivity index (χ2v) is 4.02. The summed E-state index contributed by atoms with van der Waals surface area (Å²) < 4.78 is 1.99. The Morgan fingerprint density at radius 3 is 2.73 bits per heavy atom. The summed E-state index contributed by atoms with van der Waals surface area (Å²) in [6, 6.07) is 3.74. The van der Waals surface area contributed by atoms with E-state index in [1.165, 1.54) is 0 Å². The van der Waals surface area contributed by atoms with Gasteiger partial charge in [0.05, 0.1) is 16.9 Å². The fourth-order valence-corrected chi connectivity index (χ4v) is 1.83. The first-order valence-electron chi connectivity index (χ1n) is 4.51. The molecule has 0 bridgehead atoms. The van der Waals surface area contributed by atoms with E-state index in [0.29, 0.717) is 0 Å². The predicted octanol–water partition coefficient (Wildman–Crippen LogP) is 1.93. The fourth-order valence-electron chi connectivity index (χ4n) is 1.46. The molecule has 0 fully saturated rings. The van der Waals surface area contributed by atoms with Gasteiger partial charge in [0.1, 0.15) is 5.52 Å². The number of nitrogen functional groups attached to an aromatic ring is 1. The third-order valence-corrected chi connectivity index (χ3v) is 2.96. The van der Waals surface area contributed by atoms with Crippen LogP contribution in [0.15, 0.2) is 24.5 Å². The van der Waals surface area contributed by atoms with Crippen LogP contribution in [0.3, 0.4) is 0 Å². The molecule has 0 spiro atoms. The standard InChI is InChI=1S/C10H12N4S/c1-14(15-2)10-7(11)3-4-8-9(10)13-6-5-12-8/h3-6H,11H2,1-2H3. The topological polar surface area (TPSA) is 55.0 Å². The SMILES string of the molecule is CSN(C)c1c(N)ccc2nccnc12. The van der Waals surface area contributed by atoms with Gasteiger partial charge in [-0.1, -0.05) is 11.9 Å². The fraction of sp³-hybridized carbons (Fsp3) is 0.200. The Bertz CT molecular complexity index is 486. The van der Waals surface area contributed by atoms with Gasteiger partial charge in [0.25, 0.3) is 0 Å². The van der Waals surface area contributed by atoms with Crippen LogP contribution in [0, 0.1) is 0 Å². The lowest BCUT2D eigenvalue weighted by atomic mass is 10.2. The molecule has 0 atom stereocenters. The van der Waals surface area contributed by atoms with Gasteiger partial charge in [-0.15, -0.1) is 0 Å². The van der Waals surface area contributed by atoms with Gasteiger partial charge in [-0.2, -0.15) is 0 Å². The molecule has 5 heteroatoms. The van der Waals surface area contributed by atoms with Crippen molar-refractivity contribution in [3.8, 4) is 0 Å².